The van der Waals surface area contributed by atoms with Crippen molar-refractivity contribution in [2.24, 2.45) is 0 Å². The number of fused-ring (bicyclic) bond motifs is 1. The molecule has 0 amide bonds. The van der Waals surface area contributed by atoms with Gasteiger partial charge in [0.1, 0.15) is 6.10 Å². The number of hydrogen-bond acceptors (Lipinski definition) is 5. The summed E-state index contributed by atoms with van der Waals surface area (Å²) < 4.78 is 10.8. The molecular formula is C16H14O5. The van der Waals surface area contributed by atoms with Gasteiger partial charge in [-0.2, -0.15) is 0 Å². The zero-order valence-electron chi connectivity index (χ0n) is 11.4. The molecule has 1 atom stereocenters. The van der Waals surface area contributed by atoms with Gasteiger partial charge in [-0.3, -0.25) is 4.79 Å². The van der Waals surface area contributed by atoms with Crippen molar-refractivity contribution in [2.75, 3.05) is 7.11 Å². The first-order valence-electron chi connectivity index (χ1n) is 6.49. The lowest BCUT2D eigenvalue weighted by Gasteiger charge is -2.26. The molecule has 21 heavy (non-hydrogen) atoms. The maximum absolute atomic E-state index is 12.2. The third-order valence-corrected chi connectivity index (χ3v) is 3.50. The van der Waals surface area contributed by atoms with Crippen LogP contribution in [0.5, 0.6) is 23.0 Å². The maximum atomic E-state index is 12.2. The summed E-state index contributed by atoms with van der Waals surface area (Å²) in [5, 5.41) is 19.5. The lowest BCUT2D eigenvalue weighted by atomic mass is 9.96. The Labute approximate surface area is 121 Å². The van der Waals surface area contributed by atoms with E-state index in [9.17, 15) is 15.0 Å². The number of phenols is 2. The van der Waals surface area contributed by atoms with Crippen LogP contribution in [0.2, 0.25) is 0 Å². The molecule has 0 saturated carbocycles. The van der Waals surface area contributed by atoms with Gasteiger partial charge >= 0.3 is 0 Å². The first-order valence-corrected chi connectivity index (χ1v) is 6.49. The number of ether oxygens (including phenoxy) is 2. The SMILES string of the molecule is COc1cc([C@H]2CC(=O)c3cccc(O)c3O2)ccc1O. The molecule has 0 spiro atoms. The van der Waals surface area contributed by atoms with Crippen LogP contribution in [-0.2, 0) is 0 Å². The molecular weight excluding hydrogens is 272 g/mol. The van der Waals surface area contributed by atoms with Gasteiger partial charge in [0.05, 0.1) is 19.1 Å². The molecule has 0 aromatic heterocycles. The molecule has 0 aliphatic carbocycles. The zero-order chi connectivity index (χ0) is 15.0. The van der Waals surface area contributed by atoms with Gasteiger partial charge < -0.3 is 19.7 Å². The number of aromatic hydroxyl groups is 2. The van der Waals surface area contributed by atoms with E-state index < -0.39 is 6.10 Å². The van der Waals surface area contributed by atoms with Gasteiger partial charge in [0.2, 0.25) is 0 Å². The molecule has 0 unspecified atom stereocenters. The Morgan fingerprint density at radius 3 is 2.76 bits per heavy atom. The van der Waals surface area contributed by atoms with E-state index in [1.54, 1.807) is 24.3 Å². The predicted molar refractivity (Wildman–Crippen MR) is 75.1 cm³/mol. The van der Waals surface area contributed by atoms with Crippen molar-refractivity contribution in [3.05, 3.63) is 47.5 Å². The second-order valence-electron chi connectivity index (χ2n) is 4.82. The number of carbonyl (C=O) groups excluding carboxylic acids is 1. The van der Waals surface area contributed by atoms with Crippen molar-refractivity contribution < 1.29 is 24.5 Å². The molecule has 5 nitrogen and oxygen atoms in total. The fourth-order valence-electron chi connectivity index (χ4n) is 2.41. The van der Waals surface area contributed by atoms with Crippen LogP contribution in [0.3, 0.4) is 0 Å². The average molecular weight is 286 g/mol. The minimum atomic E-state index is -0.521. The third-order valence-electron chi connectivity index (χ3n) is 3.50. The zero-order valence-corrected chi connectivity index (χ0v) is 11.4. The van der Waals surface area contributed by atoms with Crippen molar-refractivity contribution in [2.45, 2.75) is 12.5 Å². The molecule has 2 aromatic rings. The molecule has 0 radical (unpaired) electrons. The summed E-state index contributed by atoms with van der Waals surface area (Å²) in [7, 11) is 1.45. The number of ketones is 1. The quantitative estimate of drug-likeness (QED) is 0.887. The smallest absolute Gasteiger partial charge is 0.172 e. The standard InChI is InChI=1S/C16H14O5/c1-20-15-7-9(5-6-11(15)17)14-8-13(19)10-3-2-4-12(18)16(10)21-14/h2-7,14,17-18H,8H2,1H3/t14-/m1/s1. The van der Waals surface area contributed by atoms with Crippen LogP contribution < -0.4 is 9.47 Å². The number of carbonyl (C=O) groups is 1. The van der Waals surface area contributed by atoms with Crippen molar-refractivity contribution in [3.63, 3.8) is 0 Å². The van der Waals surface area contributed by atoms with Crippen LogP contribution in [0.4, 0.5) is 0 Å². The fourth-order valence-corrected chi connectivity index (χ4v) is 2.41. The van der Waals surface area contributed by atoms with Gasteiger partial charge in [-0.15, -0.1) is 0 Å². The number of methoxy groups -OCH3 is 1. The molecule has 5 heteroatoms. The average Bonchev–Trinajstić information content (AvgIpc) is 2.48. The van der Waals surface area contributed by atoms with Crippen LogP contribution in [0.25, 0.3) is 0 Å². The first-order chi connectivity index (χ1) is 10.1. The Morgan fingerprint density at radius 1 is 1.19 bits per heavy atom. The van der Waals surface area contributed by atoms with Gasteiger partial charge in [-0.25, -0.2) is 0 Å². The highest BCUT2D eigenvalue weighted by Gasteiger charge is 2.29. The van der Waals surface area contributed by atoms with Gasteiger partial charge in [-0.05, 0) is 29.8 Å². The van der Waals surface area contributed by atoms with E-state index in [2.05, 4.69) is 0 Å². The van der Waals surface area contributed by atoms with E-state index >= 15 is 0 Å². The van der Waals surface area contributed by atoms with Crippen molar-refractivity contribution >= 4 is 5.78 Å². The molecule has 1 aliphatic rings. The minimum Gasteiger partial charge on any atom is -0.504 e. The van der Waals surface area contributed by atoms with Gasteiger partial charge in [-0.1, -0.05) is 12.1 Å². The topological polar surface area (TPSA) is 76.0 Å². The summed E-state index contributed by atoms with van der Waals surface area (Å²) in [5.74, 6) is 0.379. The number of para-hydroxylation sites is 1. The molecule has 2 aromatic carbocycles. The van der Waals surface area contributed by atoms with E-state index in [1.165, 1.54) is 19.2 Å². The number of rotatable bonds is 2. The van der Waals surface area contributed by atoms with Crippen LogP contribution >= 0.6 is 0 Å². The lowest BCUT2D eigenvalue weighted by Crippen LogP contribution is -2.20. The number of hydrogen-bond donors (Lipinski definition) is 2. The summed E-state index contributed by atoms with van der Waals surface area (Å²) in [5.41, 5.74) is 1.09. The van der Waals surface area contributed by atoms with E-state index in [0.29, 0.717) is 16.9 Å². The van der Waals surface area contributed by atoms with Gasteiger partial charge in [0, 0.05) is 0 Å². The minimum absolute atomic E-state index is 0.0200. The molecule has 108 valence electrons. The van der Waals surface area contributed by atoms with Crippen LogP contribution in [-0.4, -0.2) is 23.1 Å². The Hall–Kier alpha value is -2.69. The van der Waals surface area contributed by atoms with Crippen molar-refractivity contribution in [1.29, 1.82) is 0 Å². The number of Topliss-reactive ketones (excluding diaryl/α,β-unsaturated/α-hetero) is 1. The number of benzene rings is 2. The molecule has 0 saturated heterocycles. The van der Waals surface area contributed by atoms with Crippen LogP contribution in [0, 0.1) is 0 Å². The largest absolute Gasteiger partial charge is 0.504 e. The Bertz CT molecular complexity index is 708. The van der Waals surface area contributed by atoms with E-state index in [4.69, 9.17) is 9.47 Å². The molecule has 2 N–H and O–H groups in total. The second kappa shape index (κ2) is 5.01. The number of phenolic OH excluding ortho intramolecular Hbond substituents is 2. The Balaban J connectivity index is 1.99. The molecule has 1 heterocycles. The monoisotopic (exact) mass is 286 g/mol. The summed E-state index contributed by atoms with van der Waals surface area (Å²) >= 11 is 0. The Kier molecular flexibility index (Phi) is 3.17. The summed E-state index contributed by atoms with van der Waals surface area (Å²) in [4.78, 5) is 12.2. The van der Waals surface area contributed by atoms with Crippen LogP contribution in [0.1, 0.15) is 28.4 Å². The first kappa shape index (κ1) is 13.3. The van der Waals surface area contributed by atoms with E-state index in [-0.39, 0.29) is 29.5 Å². The Morgan fingerprint density at radius 2 is 2.00 bits per heavy atom. The van der Waals surface area contributed by atoms with E-state index in [0.717, 1.165) is 0 Å². The van der Waals surface area contributed by atoms with Crippen molar-refractivity contribution in [1.82, 2.24) is 0 Å². The fraction of sp³-hybridized carbons (Fsp3) is 0.188. The highest BCUT2D eigenvalue weighted by Crippen LogP contribution is 2.41. The molecule has 3 rings (SSSR count). The van der Waals surface area contributed by atoms with Gasteiger partial charge in [0.15, 0.2) is 28.8 Å². The highest BCUT2D eigenvalue weighted by atomic mass is 16.5. The molecule has 0 bridgehead atoms. The highest BCUT2D eigenvalue weighted by molar-refractivity contribution is 6.00. The molecule has 1 aliphatic heterocycles. The lowest BCUT2D eigenvalue weighted by molar-refractivity contribution is 0.0842. The third kappa shape index (κ3) is 2.27. The van der Waals surface area contributed by atoms with Crippen molar-refractivity contribution in [3.8, 4) is 23.0 Å². The normalized spacial score (nSPS) is 17.0. The second-order valence-corrected chi connectivity index (χ2v) is 4.82. The summed E-state index contributed by atoms with van der Waals surface area (Å²) in [6.45, 7) is 0. The van der Waals surface area contributed by atoms with Gasteiger partial charge in [0.25, 0.3) is 0 Å². The summed E-state index contributed by atoms with van der Waals surface area (Å²) in [6, 6.07) is 9.50. The van der Waals surface area contributed by atoms with E-state index in [1.807, 2.05) is 0 Å². The van der Waals surface area contributed by atoms with Crippen LogP contribution in [0.15, 0.2) is 36.4 Å². The molecule has 0 fully saturated rings. The maximum Gasteiger partial charge on any atom is 0.172 e. The summed E-state index contributed by atoms with van der Waals surface area (Å²) in [6.07, 6.45) is -0.350. The predicted octanol–water partition coefficient (Wildman–Crippen LogP) is 2.81.